The van der Waals surface area contributed by atoms with Crippen molar-refractivity contribution in [2.24, 2.45) is 7.05 Å². The predicted molar refractivity (Wildman–Crippen MR) is 103 cm³/mol. The second-order valence-corrected chi connectivity index (χ2v) is 8.38. The van der Waals surface area contributed by atoms with E-state index in [9.17, 15) is 13.2 Å². The summed E-state index contributed by atoms with van der Waals surface area (Å²) in [5.41, 5.74) is 3.44. The maximum absolute atomic E-state index is 12.5. The average Bonchev–Trinajstić information content (AvgIpc) is 3.17. The Bertz CT molecular complexity index is 1330. The molecule has 0 aliphatic heterocycles. The Morgan fingerprint density at radius 1 is 1.25 bits per heavy atom. The fraction of sp³-hybridized carbons (Fsp3) is 0.278. The average molecular weight is 401 g/mol. The first-order valence-electron chi connectivity index (χ1n) is 8.74. The summed E-state index contributed by atoms with van der Waals surface area (Å²) in [6.45, 7) is 2.18. The highest BCUT2D eigenvalue weighted by atomic mass is 32.2. The first-order chi connectivity index (χ1) is 13.3. The number of benzene rings is 1. The van der Waals surface area contributed by atoms with Gasteiger partial charge in [-0.3, -0.25) is 4.57 Å². The number of aryl methyl sites for hydroxylation is 3. The van der Waals surface area contributed by atoms with E-state index >= 15 is 0 Å². The summed E-state index contributed by atoms with van der Waals surface area (Å²) in [5, 5.41) is 4.33. The van der Waals surface area contributed by atoms with Gasteiger partial charge in [-0.1, -0.05) is 0 Å². The van der Waals surface area contributed by atoms with Gasteiger partial charge in [0.15, 0.2) is 11.2 Å². The van der Waals surface area contributed by atoms with E-state index in [1.807, 2.05) is 19.2 Å². The second kappa shape index (κ2) is 6.88. The topological polar surface area (TPSA) is 112 Å². The molecule has 0 saturated heterocycles. The van der Waals surface area contributed by atoms with Crippen LogP contribution in [0.4, 0.5) is 0 Å². The molecule has 9 nitrogen and oxygen atoms in total. The van der Waals surface area contributed by atoms with Crippen molar-refractivity contribution in [1.29, 1.82) is 0 Å². The molecule has 28 heavy (non-hydrogen) atoms. The van der Waals surface area contributed by atoms with Gasteiger partial charge in [0.25, 0.3) is 0 Å². The van der Waals surface area contributed by atoms with Crippen LogP contribution in [0.2, 0.25) is 0 Å². The summed E-state index contributed by atoms with van der Waals surface area (Å²) >= 11 is 0. The highest BCUT2D eigenvalue weighted by molar-refractivity contribution is 7.89. The van der Waals surface area contributed by atoms with Crippen LogP contribution >= 0.6 is 0 Å². The van der Waals surface area contributed by atoms with Crippen molar-refractivity contribution in [3.05, 3.63) is 58.5 Å². The molecule has 0 saturated carbocycles. The molecule has 0 atom stereocenters. The summed E-state index contributed by atoms with van der Waals surface area (Å²) in [6, 6.07) is 6.23. The molecule has 0 aliphatic carbocycles. The van der Waals surface area contributed by atoms with E-state index < -0.39 is 15.8 Å². The molecule has 3 aromatic heterocycles. The van der Waals surface area contributed by atoms with Crippen LogP contribution in [0.3, 0.4) is 0 Å². The molecule has 0 bridgehead atoms. The van der Waals surface area contributed by atoms with Crippen molar-refractivity contribution in [1.82, 2.24) is 23.9 Å². The van der Waals surface area contributed by atoms with Gasteiger partial charge >= 0.3 is 5.76 Å². The predicted octanol–water partition coefficient (Wildman–Crippen LogP) is 1.39. The monoisotopic (exact) mass is 401 g/mol. The Balaban J connectivity index is 1.42. The molecule has 4 aromatic rings. The van der Waals surface area contributed by atoms with E-state index in [4.69, 9.17) is 4.42 Å². The molecular formula is C18H19N5O4S. The molecular weight excluding hydrogens is 382 g/mol. The number of nitrogens with one attached hydrogen (secondary N) is 1. The molecule has 0 radical (unpaired) electrons. The zero-order chi connectivity index (χ0) is 19.9. The molecule has 0 fully saturated rings. The maximum Gasteiger partial charge on any atom is 0.419 e. The van der Waals surface area contributed by atoms with Crippen LogP contribution in [-0.4, -0.2) is 34.1 Å². The van der Waals surface area contributed by atoms with Crippen LogP contribution < -0.4 is 10.5 Å². The largest absolute Gasteiger partial charge is 0.419 e. The zero-order valence-electron chi connectivity index (χ0n) is 15.4. The van der Waals surface area contributed by atoms with Crippen molar-refractivity contribution in [3.63, 3.8) is 0 Å². The van der Waals surface area contributed by atoms with Crippen LogP contribution in [0, 0.1) is 6.92 Å². The summed E-state index contributed by atoms with van der Waals surface area (Å²) in [7, 11) is -2.15. The van der Waals surface area contributed by atoms with Gasteiger partial charge in [-0.2, -0.15) is 5.10 Å². The molecule has 0 spiro atoms. The molecule has 3 heterocycles. The number of hydrogen-bond donors (Lipinski definition) is 1. The van der Waals surface area contributed by atoms with Gasteiger partial charge in [0, 0.05) is 32.1 Å². The minimum atomic E-state index is -3.69. The van der Waals surface area contributed by atoms with Crippen molar-refractivity contribution in [3.8, 4) is 0 Å². The smallest absolute Gasteiger partial charge is 0.408 e. The lowest BCUT2D eigenvalue weighted by Gasteiger charge is -2.07. The Kier molecular flexibility index (Phi) is 4.52. The van der Waals surface area contributed by atoms with Crippen molar-refractivity contribution in [2.45, 2.75) is 24.7 Å². The number of nitrogens with zero attached hydrogens (tertiary/aromatic N) is 4. The van der Waals surface area contributed by atoms with E-state index in [1.54, 1.807) is 10.7 Å². The Labute approximate surface area is 160 Å². The van der Waals surface area contributed by atoms with E-state index in [1.165, 1.54) is 29.8 Å². The van der Waals surface area contributed by atoms with Crippen LogP contribution in [0.25, 0.3) is 16.7 Å². The first kappa shape index (κ1) is 18.4. The van der Waals surface area contributed by atoms with Gasteiger partial charge in [-0.15, -0.1) is 0 Å². The van der Waals surface area contributed by atoms with Crippen molar-refractivity contribution >= 4 is 26.8 Å². The molecule has 1 N–H and O–H groups in total. The molecule has 146 valence electrons. The number of aromatic nitrogens is 4. The van der Waals surface area contributed by atoms with Crippen molar-refractivity contribution in [2.75, 3.05) is 6.54 Å². The summed E-state index contributed by atoms with van der Waals surface area (Å²) in [5.74, 6) is -0.532. The van der Waals surface area contributed by atoms with Gasteiger partial charge in [0.05, 0.1) is 16.1 Å². The molecule has 1 aromatic carbocycles. The van der Waals surface area contributed by atoms with Crippen LogP contribution in [0.15, 0.2) is 50.8 Å². The molecule has 0 amide bonds. The zero-order valence-corrected chi connectivity index (χ0v) is 16.2. The first-order valence-corrected chi connectivity index (χ1v) is 10.2. The number of rotatable bonds is 6. The third-order valence-electron chi connectivity index (χ3n) is 4.50. The van der Waals surface area contributed by atoms with Gasteiger partial charge in [0.1, 0.15) is 0 Å². The minimum Gasteiger partial charge on any atom is -0.408 e. The molecule has 0 unspecified atom stereocenters. The SMILES string of the molecule is Cc1cc2ncc(CCCNS(=O)(=O)c3ccc4oc(=O)n(C)c4c3)cn2n1. The Morgan fingerprint density at radius 2 is 2.07 bits per heavy atom. The lowest BCUT2D eigenvalue weighted by atomic mass is 10.2. The third-order valence-corrected chi connectivity index (χ3v) is 5.96. The number of hydrogen-bond acceptors (Lipinski definition) is 6. The fourth-order valence-electron chi connectivity index (χ4n) is 3.02. The van der Waals surface area contributed by atoms with Crippen molar-refractivity contribution < 1.29 is 12.8 Å². The number of sulfonamides is 1. The molecule has 10 heteroatoms. The quantitative estimate of drug-likeness (QED) is 0.489. The number of oxazole rings is 1. The fourth-order valence-corrected chi connectivity index (χ4v) is 4.11. The summed E-state index contributed by atoms with van der Waals surface area (Å²) in [6.07, 6.45) is 4.95. The summed E-state index contributed by atoms with van der Waals surface area (Å²) in [4.78, 5) is 16.0. The lowest BCUT2D eigenvalue weighted by molar-refractivity contribution is 0.528. The standard InChI is InChI=1S/C18H19N5O4S/c1-12-8-17-19-10-13(11-23(17)21-12)4-3-7-20-28(25,26)14-5-6-16-15(9-14)22(2)18(24)27-16/h5-6,8-11,20H,3-4,7H2,1-2H3. The Hall–Kier alpha value is -2.98. The summed E-state index contributed by atoms with van der Waals surface area (Å²) < 4.78 is 35.7. The molecule has 0 aliphatic rings. The van der Waals surface area contributed by atoms with Crippen LogP contribution in [-0.2, 0) is 23.5 Å². The normalized spacial score (nSPS) is 12.2. The lowest BCUT2D eigenvalue weighted by Crippen LogP contribution is -2.25. The van der Waals surface area contributed by atoms with Gasteiger partial charge in [0.2, 0.25) is 10.0 Å². The highest BCUT2D eigenvalue weighted by Gasteiger charge is 2.16. The Morgan fingerprint density at radius 3 is 2.89 bits per heavy atom. The molecule has 4 rings (SSSR count). The third kappa shape index (κ3) is 3.43. The number of fused-ring (bicyclic) bond motifs is 2. The van der Waals surface area contributed by atoms with E-state index in [2.05, 4.69) is 14.8 Å². The van der Waals surface area contributed by atoms with Gasteiger partial charge < -0.3 is 4.42 Å². The van der Waals surface area contributed by atoms with E-state index in [-0.39, 0.29) is 11.4 Å². The van der Waals surface area contributed by atoms with E-state index in [0.29, 0.717) is 23.9 Å². The second-order valence-electron chi connectivity index (χ2n) is 6.61. The maximum atomic E-state index is 12.5. The highest BCUT2D eigenvalue weighted by Crippen LogP contribution is 2.18. The van der Waals surface area contributed by atoms with Crippen LogP contribution in [0.1, 0.15) is 17.7 Å². The van der Waals surface area contributed by atoms with Gasteiger partial charge in [-0.05, 0) is 43.5 Å². The van der Waals surface area contributed by atoms with E-state index in [0.717, 1.165) is 16.9 Å². The van der Waals surface area contributed by atoms with Gasteiger partial charge in [-0.25, -0.2) is 27.4 Å². The van der Waals surface area contributed by atoms with Crippen LogP contribution in [0.5, 0.6) is 0 Å². The minimum absolute atomic E-state index is 0.0894.